The van der Waals surface area contributed by atoms with E-state index >= 15 is 0 Å². The Morgan fingerprint density at radius 3 is 2.75 bits per heavy atom. The van der Waals surface area contributed by atoms with Gasteiger partial charge in [-0.05, 0) is 12.8 Å². The number of nitrogens with zero attached hydrogens (tertiary/aromatic N) is 3. The quantitative estimate of drug-likeness (QED) is 0.568. The first-order valence-electron chi connectivity index (χ1n) is 5.07. The lowest BCUT2D eigenvalue weighted by molar-refractivity contribution is -0.118. The molecule has 0 unspecified atom stereocenters. The fourth-order valence-corrected chi connectivity index (χ4v) is 1.68. The van der Waals surface area contributed by atoms with Crippen LogP contribution >= 0.6 is 11.8 Å². The second kappa shape index (κ2) is 5.74. The molecule has 0 aliphatic carbocycles. The van der Waals surface area contributed by atoms with E-state index in [1.165, 1.54) is 16.4 Å². The minimum absolute atomic E-state index is 0.0145. The number of amides is 1. The van der Waals surface area contributed by atoms with Crippen molar-refractivity contribution >= 4 is 17.7 Å². The van der Waals surface area contributed by atoms with Gasteiger partial charge in [-0.1, -0.05) is 25.6 Å². The highest BCUT2D eigenvalue weighted by Crippen LogP contribution is 2.13. The highest BCUT2D eigenvalue weighted by Gasteiger charge is 2.09. The van der Waals surface area contributed by atoms with Crippen molar-refractivity contribution in [3.8, 4) is 0 Å². The molecule has 0 saturated carbocycles. The molecule has 7 heteroatoms. The van der Waals surface area contributed by atoms with Crippen LogP contribution in [0, 0.1) is 12.8 Å². The highest BCUT2D eigenvalue weighted by atomic mass is 32.2. The number of rotatable bonds is 5. The zero-order valence-electron chi connectivity index (χ0n) is 9.73. The summed E-state index contributed by atoms with van der Waals surface area (Å²) in [5.41, 5.74) is 0. The van der Waals surface area contributed by atoms with Crippen LogP contribution in [-0.2, 0) is 4.79 Å². The first-order chi connectivity index (χ1) is 7.50. The predicted molar refractivity (Wildman–Crippen MR) is 63.5 cm³/mol. The number of aryl methyl sites for hydroxylation is 1. The molecule has 3 N–H and O–H groups in total. The molecule has 90 valence electrons. The van der Waals surface area contributed by atoms with Gasteiger partial charge in [0, 0.05) is 6.54 Å². The van der Waals surface area contributed by atoms with Crippen LogP contribution in [0.15, 0.2) is 5.16 Å². The highest BCUT2D eigenvalue weighted by molar-refractivity contribution is 7.99. The lowest BCUT2D eigenvalue weighted by Crippen LogP contribution is -2.29. The summed E-state index contributed by atoms with van der Waals surface area (Å²) in [5, 5.41) is 11.0. The molecule has 0 radical (unpaired) electrons. The maximum Gasteiger partial charge on any atom is 0.230 e. The predicted octanol–water partition coefficient (Wildman–Crippen LogP) is 0.165. The van der Waals surface area contributed by atoms with E-state index in [0.717, 1.165) is 0 Å². The Hall–Kier alpha value is -1.24. The normalized spacial score (nSPS) is 10.8. The topological polar surface area (TPSA) is 85.8 Å². The van der Waals surface area contributed by atoms with Crippen molar-refractivity contribution in [1.29, 1.82) is 0 Å². The standard InChI is InChI=1S/C9H17N5OS/c1-6(2)4-11-8(15)5-16-9-13-12-7(3)14(9)10/h6H,4-5,10H2,1-3H3,(H,11,15). The first kappa shape index (κ1) is 12.8. The molecule has 1 amide bonds. The van der Waals surface area contributed by atoms with Crippen molar-refractivity contribution in [2.45, 2.75) is 25.9 Å². The minimum atomic E-state index is -0.0145. The van der Waals surface area contributed by atoms with Crippen LogP contribution in [0.2, 0.25) is 0 Å². The number of nitrogens with one attached hydrogen (secondary N) is 1. The van der Waals surface area contributed by atoms with Crippen molar-refractivity contribution in [1.82, 2.24) is 20.2 Å². The molecular formula is C9H17N5OS. The summed E-state index contributed by atoms with van der Waals surface area (Å²) < 4.78 is 1.38. The van der Waals surface area contributed by atoms with Gasteiger partial charge >= 0.3 is 0 Å². The Bertz CT molecular complexity index is 363. The molecule has 1 aromatic rings. The maximum atomic E-state index is 11.4. The zero-order chi connectivity index (χ0) is 12.1. The van der Waals surface area contributed by atoms with E-state index in [9.17, 15) is 4.79 Å². The Kier molecular flexibility index (Phi) is 4.60. The molecule has 0 aliphatic heterocycles. The van der Waals surface area contributed by atoms with Crippen molar-refractivity contribution in [3.63, 3.8) is 0 Å². The van der Waals surface area contributed by atoms with Gasteiger partial charge in [-0.15, -0.1) is 10.2 Å². The summed E-state index contributed by atoms with van der Waals surface area (Å²) in [4.78, 5) is 11.4. The van der Waals surface area contributed by atoms with Crippen molar-refractivity contribution in [3.05, 3.63) is 5.82 Å². The summed E-state index contributed by atoms with van der Waals surface area (Å²) in [7, 11) is 0. The van der Waals surface area contributed by atoms with E-state index in [1.807, 2.05) is 13.8 Å². The second-order valence-electron chi connectivity index (χ2n) is 3.89. The van der Waals surface area contributed by atoms with Crippen molar-refractivity contribution in [2.24, 2.45) is 5.92 Å². The third kappa shape index (κ3) is 3.73. The number of aromatic nitrogens is 3. The van der Waals surface area contributed by atoms with E-state index in [1.54, 1.807) is 6.92 Å². The van der Waals surface area contributed by atoms with Crippen LogP contribution in [0.4, 0.5) is 0 Å². The summed E-state index contributed by atoms with van der Waals surface area (Å²) in [6.45, 7) is 6.55. The largest absolute Gasteiger partial charge is 0.355 e. The Morgan fingerprint density at radius 1 is 1.56 bits per heavy atom. The average Bonchev–Trinajstić information content (AvgIpc) is 2.54. The molecule has 6 nitrogen and oxygen atoms in total. The van der Waals surface area contributed by atoms with Crippen LogP contribution in [0.1, 0.15) is 19.7 Å². The third-order valence-electron chi connectivity index (χ3n) is 1.87. The number of nitrogen functional groups attached to an aromatic ring is 1. The molecule has 1 rings (SSSR count). The summed E-state index contributed by atoms with van der Waals surface area (Å²) in [5.74, 6) is 7.03. The molecule has 1 aromatic heterocycles. The van der Waals surface area contributed by atoms with Crippen LogP contribution < -0.4 is 11.2 Å². The van der Waals surface area contributed by atoms with Crippen LogP contribution in [0.3, 0.4) is 0 Å². The summed E-state index contributed by atoms with van der Waals surface area (Å²) >= 11 is 1.28. The number of hydrogen-bond acceptors (Lipinski definition) is 5. The molecule has 0 aliphatic rings. The number of carbonyl (C=O) groups is 1. The van der Waals surface area contributed by atoms with E-state index < -0.39 is 0 Å². The Morgan fingerprint density at radius 2 is 2.25 bits per heavy atom. The average molecular weight is 243 g/mol. The van der Waals surface area contributed by atoms with Gasteiger partial charge in [-0.3, -0.25) is 4.79 Å². The Labute approximate surface area is 99.0 Å². The monoisotopic (exact) mass is 243 g/mol. The van der Waals surface area contributed by atoms with Crippen LogP contribution in [-0.4, -0.2) is 33.1 Å². The third-order valence-corrected chi connectivity index (χ3v) is 2.82. The second-order valence-corrected chi connectivity index (χ2v) is 4.83. The smallest absolute Gasteiger partial charge is 0.230 e. The van der Waals surface area contributed by atoms with Gasteiger partial charge in [-0.2, -0.15) is 0 Å². The van der Waals surface area contributed by atoms with Gasteiger partial charge < -0.3 is 11.2 Å². The molecule has 0 bridgehead atoms. The number of carbonyl (C=O) groups excluding carboxylic acids is 1. The number of hydrogen-bond donors (Lipinski definition) is 2. The molecule has 16 heavy (non-hydrogen) atoms. The van der Waals surface area contributed by atoms with Crippen LogP contribution in [0.25, 0.3) is 0 Å². The first-order valence-corrected chi connectivity index (χ1v) is 6.06. The molecule has 0 fully saturated rings. The van der Waals surface area contributed by atoms with Gasteiger partial charge in [0.2, 0.25) is 11.1 Å². The maximum absolute atomic E-state index is 11.4. The molecule has 0 atom stereocenters. The van der Waals surface area contributed by atoms with Crippen molar-refractivity contribution < 1.29 is 4.79 Å². The molecule has 0 aromatic carbocycles. The summed E-state index contributed by atoms with van der Waals surface area (Å²) in [6.07, 6.45) is 0. The van der Waals surface area contributed by atoms with Gasteiger partial charge in [0.05, 0.1) is 5.75 Å². The minimum Gasteiger partial charge on any atom is -0.355 e. The van der Waals surface area contributed by atoms with Gasteiger partial charge in [0.15, 0.2) is 0 Å². The van der Waals surface area contributed by atoms with E-state index in [2.05, 4.69) is 15.5 Å². The van der Waals surface area contributed by atoms with Gasteiger partial charge in [0.1, 0.15) is 5.82 Å². The number of thioether (sulfide) groups is 1. The van der Waals surface area contributed by atoms with Crippen molar-refractivity contribution in [2.75, 3.05) is 18.1 Å². The zero-order valence-corrected chi connectivity index (χ0v) is 10.5. The van der Waals surface area contributed by atoms with E-state index in [0.29, 0.717) is 29.2 Å². The fourth-order valence-electron chi connectivity index (χ4n) is 0.947. The van der Waals surface area contributed by atoms with E-state index in [4.69, 9.17) is 5.84 Å². The van der Waals surface area contributed by atoms with Crippen LogP contribution in [0.5, 0.6) is 0 Å². The Balaban J connectivity index is 2.34. The van der Waals surface area contributed by atoms with E-state index in [-0.39, 0.29) is 5.91 Å². The SMILES string of the molecule is Cc1nnc(SCC(=O)NCC(C)C)n1N. The lowest BCUT2D eigenvalue weighted by atomic mass is 10.2. The molecule has 1 heterocycles. The van der Waals surface area contributed by atoms with Gasteiger partial charge in [-0.25, -0.2) is 4.68 Å². The molecular weight excluding hydrogens is 226 g/mol. The molecule has 0 saturated heterocycles. The molecule has 0 spiro atoms. The summed E-state index contributed by atoms with van der Waals surface area (Å²) in [6, 6.07) is 0. The number of nitrogens with two attached hydrogens (primary N) is 1. The fraction of sp³-hybridized carbons (Fsp3) is 0.667. The van der Waals surface area contributed by atoms with Gasteiger partial charge in [0.25, 0.3) is 0 Å². The lowest BCUT2D eigenvalue weighted by Gasteiger charge is -2.06.